The Bertz CT molecular complexity index is 496. The minimum absolute atomic E-state index is 0.668. The van der Waals surface area contributed by atoms with Gasteiger partial charge in [0, 0.05) is 16.9 Å². The average Bonchev–Trinajstić information content (AvgIpc) is 2.92. The average molecular weight is 277 g/mol. The number of nitrogens with zero attached hydrogens (tertiary/aromatic N) is 2. The van der Waals surface area contributed by atoms with Crippen LogP contribution < -0.4 is 5.73 Å². The monoisotopic (exact) mass is 277 g/mol. The molecule has 0 saturated carbocycles. The van der Waals surface area contributed by atoms with Crippen LogP contribution in [-0.4, -0.2) is 22.9 Å². The standard InChI is InChI=1S/C14H19N3OS/c1-19-12-8-6-11(7-9-12)14-16-13(18-17-14)5-3-2-4-10-15/h6-9H,2-5,10,15H2,1H3. The molecule has 2 aromatic rings. The largest absolute Gasteiger partial charge is 0.339 e. The summed E-state index contributed by atoms with van der Waals surface area (Å²) in [6.07, 6.45) is 6.09. The number of thioether (sulfide) groups is 1. The lowest BCUT2D eigenvalue weighted by Crippen LogP contribution is -1.98. The van der Waals surface area contributed by atoms with Gasteiger partial charge in [-0.3, -0.25) is 0 Å². The predicted molar refractivity (Wildman–Crippen MR) is 78.1 cm³/mol. The van der Waals surface area contributed by atoms with Gasteiger partial charge >= 0.3 is 0 Å². The summed E-state index contributed by atoms with van der Waals surface area (Å²) >= 11 is 1.72. The molecule has 5 heteroatoms. The summed E-state index contributed by atoms with van der Waals surface area (Å²) in [6.45, 7) is 0.747. The number of rotatable bonds is 7. The molecule has 0 saturated heterocycles. The van der Waals surface area contributed by atoms with Crippen LogP contribution in [0.15, 0.2) is 33.7 Å². The van der Waals surface area contributed by atoms with Crippen LogP contribution in [-0.2, 0) is 6.42 Å². The first-order valence-corrected chi connectivity index (χ1v) is 7.73. The first-order valence-electron chi connectivity index (χ1n) is 6.50. The van der Waals surface area contributed by atoms with Gasteiger partial charge in [-0.25, -0.2) is 0 Å². The molecule has 1 heterocycles. The van der Waals surface area contributed by atoms with Crippen molar-refractivity contribution in [1.29, 1.82) is 0 Å². The molecule has 0 fully saturated rings. The molecule has 0 bridgehead atoms. The maximum atomic E-state index is 5.46. The van der Waals surface area contributed by atoms with E-state index < -0.39 is 0 Å². The van der Waals surface area contributed by atoms with Crippen molar-refractivity contribution in [1.82, 2.24) is 10.1 Å². The second-order valence-electron chi connectivity index (χ2n) is 4.34. The normalized spacial score (nSPS) is 10.8. The summed E-state index contributed by atoms with van der Waals surface area (Å²) in [5, 5.41) is 4.02. The number of unbranched alkanes of at least 4 members (excludes halogenated alkanes) is 2. The van der Waals surface area contributed by atoms with E-state index in [4.69, 9.17) is 10.3 Å². The molecule has 4 nitrogen and oxygen atoms in total. The molecule has 2 N–H and O–H groups in total. The van der Waals surface area contributed by atoms with E-state index in [0.717, 1.165) is 37.8 Å². The lowest BCUT2D eigenvalue weighted by Gasteiger charge is -1.97. The zero-order valence-corrected chi connectivity index (χ0v) is 11.9. The molecule has 0 amide bonds. The smallest absolute Gasteiger partial charge is 0.226 e. The van der Waals surface area contributed by atoms with E-state index in [0.29, 0.717) is 11.7 Å². The molecule has 0 aliphatic rings. The maximum Gasteiger partial charge on any atom is 0.226 e. The van der Waals surface area contributed by atoms with Crippen LogP contribution in [0.2, 0.25) is 0 Å². The fourth-order valence-corrected chi connectivity index (χ4v) is 2.22. The van der Waals surface area contributed by atoms with Crippen molar-refractivity contribution in [2.45, 2.75) is 30.6 Å². The predicted octanol–water partition coefficient (Wildman–Crippen LogP) is 3.13. The first-order chi connectivity index (χ1) is 9.33. The van der Waals surface area contributed by atoms with Crippen molar-refractivity contribution >= 4 is 11.8 Å². The van der Waals surface area contributed by atoms with Crippen molar-refractivity contribution in [3.63, 3.8) is 0 Å². The molecule has 102 valence electrons. The lowest BCUT2D eigenvalue weighted by atomic mass is 10.2. The summed E-state index contributed by atoms with van der Waals surface area (Å²) in [6, 6.07) is 8.18. The molecule has 0 spiro atoms. The molecule has 1 aromatic carbocycles. The molecule has 0 aliphatic heterocycles. The number of aryl methyl sites for hydroxylation is 1. The highest BCUT2D eigenvalue weighted by atomic mass is 32.2. The van der Waals surface area contributed by atoms with Crippen LogP contribution in [0, 0.1) is 0 Å². The van der Waals surface area contributed by atoms with Gasteiger partial charge in [-0.1, -0.05) is 11.6 Å². The third-order valence-electron chi connectivity index (χ3n) is 2.91. The summed E-state index contributed by atoms with van der Waals surface area (Å²) in [5.74, 6) is 1.38. The highest BCUT2D eigenvalue weighted by molar-refractivity contribution is 7.98. The molecule has 0 unspecified atom stereocenters. The number of benzene rings is 1. The highest BCUT2D eigenvalue weighted by Gasteiger charge is 2.08. The van der Waals surface area contributed by atoms with Crippen LogP contribution in [0.5, 0.6) is 0 Å². The molecule has 0 atom stereocenters. The lowest BCUT2D eigenvalue weighted by molar-refractivity contribution is 0.374. The van der Waals surface area contributed by atoms with E-state index in [1.54, 1.807) is 11.8 Å². The van der Waals surface area contributed by atoms with Crippen molar-refractivity contribution in [3.05, 3.63) is 30.2 Å². The molecule has 0 aliphatic carbocycles. The Labute approximate surface area is 117 Å². The third kappa shape index (κ3) is 4.08. The van der Waals surface area contributed by atoms with Gasteiger partial charge in [0.05, 0.1) is 0 Å². The number of hydrogen-bond acceptors (Lipinski definition) is 5. The topological polar surface area (TPSA) is 64.9 Å². The van der Waals surface area contributed by atoms with Crippen molar-refractivity contribution < 1.29 is 4.52 Å². The minimum Gasteiger partial charge on any atom is -0.339 e. The molecular weight excluding hydrogens is 258 g/mol. The fraction of sp³-hybridized carbons (Fsp3) is 0.429. The first kappa shape index (κ1) is 14.1. The Kier molecular flexibility index (Phi) is 5.42. The molecule has 1 aromatic heterocycles. The summed E-state index contributed by atoms with van der Waals surface area (Å²) < 4.78 is 5.26. The fourth-order valence-electron chi connectivity index (χ4n) is 1.81. The summed E-state index contributed by atoms with van der Waals surface area (Å²) in [7, 11) is 0. The van der Waals surface area contributed by atoms with E-state index in [1.807, 2.05) is 12.1 Å². The van der Waals surface area contributed by atoms with Gasteiger partial charge in [-0.2, -0.15) is 4.98 Å². The zero-order chi connectivity index (χ0) is 13.5. The summed E-state index contributed by atoms with van der Waals surface area (Å²) in [4.78, 5) is 5.65. The molecule has 0 radical (unpaired) electrons. The second kappa shape index (κ2) is 7.31. The van der Waals surface area contributed by atoms with Crippen molar-refractivity contribution in [3.8, 4) is 11.4 Å². The Morgan fingerprint density at radius 1 is 1.16 bits per heavy atom. The third-order valence-corrected chi connectivity index (χ3v) is 3.65. The van der Waals surface area contributed by atoms with Crippen LogP contribution in [0.4, 0.5) is 0 Å². The molecule has 2 rings (SSSR count). The second-order valence-corrected chi connectivity index (χ2v) is 5.22. The molecular formula is C14H19N3OS. The van der Waals surface area contributed by atoms with Crippen LogP contribution >= 0.6 is 11.8 Å². The Balaban J connectivity index is 1.95. The SMILES string of the molecule is CSc1ccc(-c2noc(CCCCCN)n2)cc1. The van der Waals surface area contributed by atoms with Gasteiger partial charge in [0.25, 0.3) is 0 Å². The van der Waals surface area contributed by atoms with Gasteiger partial charge in [0.2, 0.25) is 11.7 Å². The van der Waals surface area contributed by atoms with Crippen LogP contribution in [0.3, 0.4) is 0 Å². The van der Waals surface area contributed by atoms with E-state index >= 15 is 0 Å². The van der Waals surface area contributed by atoms with Crippen LogP contribution in [0.25, 0.3) is 11.4 Å². The van der Waals surface area contributed by atoms with Gasteiger partial charge < -0.3 is 10.3 Å². The van der Waals surface area contributed by atoms with Gasteiger partial charge in [0.1, 0.15) is 0 Å². The Hall–Kier alpha value is -1.33. The summed E-state index contributed by atoms with van der Waals surface area (Å²) in [5.41, 5.74) is 6.45. The van der Waals surface area contributed by atoms with Crippen molar-refractivity contribution in [2.24, 2.45) is 5.73 Å². The molecule has 19 heavy (non-hydrogen) atoms. The Morgan fingerprint density at radius 3 is 2.63 bits per heavy atom. The van der Waals surface area contributed by atoms with Gasteiger partial charge in [0.15, 0.2) is 0 Å². The number of hydrogen-bond donors (Lipinski definition) is 1. The van der Waals surface area contributed by atoms with Crippen LogP contribution in [0.1, 0.15) is 25.2 Å². The zero-order valence-electron chi connectivity index (χ0n) is 11.1. The number of aromatic nitrogens is 2. The Morgan fingerprint density at radius 2 is 1.95 bits per heavy atom. The minimum atomic E-state index is 0.668. The van der Waals surface area contributed by atoms with Gasteiger partial charge in [-0.15, -0.1) is 11.8 Å². The highest BCUT2D eigenvalue weighted by Crippen LogP contribution is 2.21. The van der Waals surface area contributed by atoms with E-state index in [-0.39, 0.29) is 0 Å². The van der Waals surface area contributed by atoms with Gasteiger partial charge in [-0.05, 0) is 49.9 Å². The van der Waals surface area contributed by atoms with E-state index in [2.05, 4.69) is 28.5 Å². The maximum absolute atomic E-state index is 5.46. The van der Waals surface area contributed by atoms with Crippen molar-refractivity contribution in [2.75, 3.05) is 12.8 Å². The van der Waals surface area contributed by atoms with E-state index in [9.17, 15) is 0 Å². The van der Waals surface area contributed by atoms with E-state index in [1.165, 1.54) is 4.90 Å². The number of nitrogens with two attached hydrogens (primary N) is 1. The quantitative estimate of drug-likeness (QED) is 0.622.